The van der Waals surface area contributed by atoms with Crippen molar-refractivity contribution in [1.29, 1.82) is 5.26 Å². The fourth-order valence-electron chi connectivity index (χ4n) is 5.09. The molecular weight excluding hydrogens is 418 g/mol. The summed E-state index contributed by atoms with van der Waals surface area (Å²) < 4.78 is 53.8. The van der Waals surface area contributed by atoms with Gasteiger partial charge in [-0.3, -0.25) is 0 Å². The number of hydrogen-bond acceptors (Lipinski definition) is 2. The zero-order valence-electron chi connectivity index (χ0n) is 18.1. The lowest BCUT2D eigenvalue weighted by Crippen LogP contribution is -2.22. The summed E-state index contributed by atoms with van der Waals surface area (Å²) in [4.78, 5) is 0. The summed E-state index contributed by atoms with van der Waals surface area (Å²) in [6.07, 6.45) is 8.57. The highest BCUT2D eigenvalue weighted by Crippen LogP contribution is 2.44. The highest BCUT2D eigenvalue weighted by Gasteiger charge is 2.32. The molecule has 1 aromatic rings. The minimum Gasteiger partial charge on any atom is -0.406 e. The molecule has 0 spiro atoms. The van der Waals surface area contributed by atoms with Crippen LogP contribution >= 0.6 is 0 Å². The van der Waals surface area contributed by atoms with E-state index in [0.717, 1.165) is 56.9 Å². The van der Waals surface area contributed by atoms with E-state index in [-0.39, 0.29) is 5.75 Å². The van der Waals surface area contributed by atoms with E-state index < -0.39 is 12.2 Å². The van der Waals surface area contributed by atoms with Gasteiger partial charge in [0.15, 0.2) is 5.83 Å². The highest BCUT2D eigenvalue weighted by molar-refractivity contribution is 5.30. The molecular formula is C26H29F4NO. The van der Waals surface area contributed by atoms with Gasteiger partial charge in [-0.25, -0.2) is 0 Å². The molecule has 32 heavy (non-hydrogen) atoms. The van der Waals surface area contributed by atoms with Crippen molar-refractivity contribution in [3.8, 4) is 11.8 Å². The van der Waals surface area contributed by atoms with E-state index >= 15 is 0 Å². The molecule has 0 saturated heterocycles. The summed E-state index contributed by atoms with van der Waals surface area (Å²) in [5.41, 5.74) is 2.41. The molecule has 0 amide bonds. The quantitative estimate of drug-likeness (QED) is 0.191. The summed E-state index contributed by atoms with van der Waals surface area (Å²) in [6.45, 7) is 4.43. The van der Waals surface area contributed by atoms with Crippen LogP contribution in [-0.4, -0.2) is 6.36 Å². The maximum Gasteiger partial charge on any atom is 0.573 e. The molecule has 3 rings (SSSR count). The fraction of sp³-hybridized carbons (Fsp3) is 0.500. The first-order valence-electron chi connectivity index (χ1n) is 11.2. The third-order valence-electron chi connectivity index (χ3n) is 6.87. The van der Waals surface area contributed by atoms with Gasteiger partial charge >= 0.3 is 6.36 Å². The Hall–Kier alpha value is -2.55. The van der Waals surface area contributed by atoms with E-state index in [2.05, 4.69) is 11.3 Å². The molecule has 2 aliphatic rings. The van der Waals surface area contributed by atoms with E-state index in [4.69, 9.17) is 5.26 Å². The van der Waals surface area contributed by atoms with Crippen LogP contribution in [0.3, 0.4) is 0 Å². The zero-order chi connectivity index (χ0) is 23.1. The Labute approximate surface area is 187 Å². The summed E-state index contributed by atoms with van der Waals surface area (Å²) >= 11 is 0. The van der Waals surface area contributed by atoms with Crippen LogP contribution in [0, 0.1) is 29.1 Å². The second-order valence-electron chi connectivity index (χ2n) is 8.86. The number of allylic oxidation sites excluding steroid dienone is 5. The van der Waals surface area contributed by atoms with Gasteiger partial charge in [-0.1, -0.05) is 36.4 Å². The molecule has 0 aromatic heterocycles. The van der Waals surface area contributed by atoms with Crippen molar-refractivity contribution in [2.45, 2.75) is 63.6 Å². The van der Waals surface area contributed by atoms with Crippen molar-refractivity contribution in [2.75, 3.05) is 0 Å². The maximum atomic E-state index is 12.9. The van der Waals surface area contributed by atoms with E-state index in [1.807, 2.05) is 6.08 Å². The molecule has 0 bridgehead atoms. The van der Waals surface area contributed by atoms with Gasteiger partial charge in [0.2, 0.25) is 0 Å². The third-order valence-corrected chi connectivity index (χ3v) is 6.87. The molecule has 172 valence electrons. The van der Waals surface area contributed by atoms with Gasteiger partial charge < -0.3 is 4.74 Å². The highest BCUT2D eigenvalue weighted by atomic mass is 19.4. The molecule has 0 unspecified atom stereocenters. The number of alkyl halides is 3. The number of benzene rings is 1. The third kappa shape index (κ3) is 6.98. The Morgan fingerprint density at radius 2 is 1.53 bits per heavy atom. The van der Waals surface area contributed by atoms with Crippen LogP contribution in [-0.2, 0) is 0 Å². The summed E-state index contributed by atoms with van der Waals surface area (Å²) in [7, 11) is 0. The molecule has 2 aliphatic carbocycles. The predicted molar refractivity (Wildman–Crippen MR) is 116 cm³/mol. The van der Waals surface area contributed by atoms with Gasteiger partial charge in [-0.05, 0) is 98.8 Å². The molecule has 2 fully saturated rings. The Morgan fingerprint density at radius 1 is 0.969 bits per heavy atom. The molecule has 1 aromatic carbocycles. The number of ether oxygens (including phenoxy) is 1. The van der Waals surface area contributed by atoms with Gasteiger partial charge in [0, 0.05) is 0 Å². The maximum absolute atomic E-state index is 12.9. The van der Waals surface area contributed by atoms with Crippen LogP contribution in [0.4, 0.5) is 17.6 Å². The first kappa shape index (κ1) is 24.1. The van der Waals surface area contributed by atoms with Crippen molar-refractivity contribution in [1.82, 2.24) is 0 Å². The van der Waals surface area contributed by atoms with Gasteiger partial charge in [0.1, 0.15) is 11.8 Å². The molecule has 0 N–H and O–H groups in total. The molecule has 2 nitrogen and oxygen atoms in total. The Morgan fingerprint density at radius 3 is 2.06 bits per heavy atom. The van der Waals surface area contributed by atoms with Crippen LogP contribution in [0.2, 0.25) is 0 Å². The minimum atomic E-state index is -4.66. The normalized spacial score (nSPS) is 27.2. The van der Waals surface area contributed by atoms with Crippen LogP contribution in [0.25, 0.3) is 0 Å². The summed E-state index contributed by atoms with van der Waals surface area (Å²) in [6, 6.07) is 7.74. The SMILES string of the molecule is C=C(C1CCC(/C=C/C=C(\F)C#N)CC1)C1CCC(c2ccc(OC(F)(F)F)cc2)CC1. The van der Waals surface area contributed by atoms with E-state index in [9.17, 15) is 17.6 Å². The smallest absolute Gasteiger partial charge is 0.406 e. The number of nitrogens with zero attached hydrogens (tertiary/aromatic N) is 1. The van der Waals surface area contributed by atoms with Crippen molar-refractivity contribution >= 4 is 0 Å². The topological polar surface area (TPSA) is 33.0 Å². The lowest BCUT2D eigenvalue weighted by atomic mass is 9.70. The lowest BCUT2D eigenvalue weighted by molar-refractivity contribution is -0.274. The number of nitriles is 1. The molecule has 0 aliphatic heterocycles. The van der Waals surface area contributed by atoms with Crippen molar-refractivity contribution in [3.05, 3.63) is 66.0 Å². The average Bonchev–Trinajstić information content (AvgIpc) is 2.78. The summed E-state index contributed by atoms with van der Waals surface area (Å²) in [5, 5.41) is 8.44. The Bertz CT molecular complexity index is 863. The van der Waals surface area contributed by atoms with Crippen molar-refractivity contribution in [2.24, 2.45) is 17.8 Å². The van der Waals surface area contributed by atoms with E-state index in [1.54, 1.807) is 18.2 Å². The van der Waals surface area contributed by atoms with Gasteiger partial charge in [0.25, 0.3) is 0 Å². The first-order chi connectivity index (χ1) is 15.2. The monoisotopic (exact) mass is 447 g/mol. The second-order valence-corrected chi connectivity index (χ2v) is 8.86. The van der Waals surface area contributed by atoms with Crippen molar-refractivity contribution in [3.63, 3.8) is 0 Å². The lowest BCUT2D eigenvalue weighted by Gasteiger charge is -2.36. The average molecular weight is 448 g/mol. The summed E-state index contributed by atoms with van der Waals surface area (Å²) in [5.74, 6) is 0.850. The number of rotatable bonds is 6. The minimum absolute atomic E-state index is 0.181. The Balaban J connectivity index is 1.44. The van der Waals surface area contributed by atoms with E-state index in [0.29, 0.717) is 23.7 Å². The number of hydrogen-bond donors (Lipinski definition) is 0. The standard InChI is InChI=1S/C26H29F4NO/c1-18(20-7-5-19(6-8-20)3-2-4-24(27)17-31)21-9-11-22(12-10-21)23-13-15-25(16-14-23)32-26(28,29)30/h2-4,13-16,19-22H,1,5-12H2/b3-2+,24-4-. The molecule has 6 heteroatoms. The molecule has 0 radical (unpaired) electrons. The first-order valence-corrected chi connectivity index (χ1v) is 11.2. The molecule has 0 heterocycles. The molecule has 2 saturated carbocycles. The fourth-order valence-corrected chi connectivity index (χ4v) is 5.09. The zero-order valence-corrected chi connectivity index (χ0v) is 18.1. The largest absolute Gasteiger partial charge is 0.573 e. The van der Waals surface area contributed by atoms with Crippen LogP contribution in [0.5, 0.6) is 5.75 Å². The van der Waals surface area contributed by atoms with Gasteiger partial charge in [0.05, 0.1) is 0 Å². The van der Waals surface area contributed by atoms with Crippen LogP contribution < -0.4 is 4.74 Å². The Kier molecular flexibility index (Phi) is 8.17. The predicted octanol–water partition coefficient (Wildman–Crippen LogP) is 8.15. The van der Waals surface area contributed by atoms with Gasteiger partial charge in [-0.2, -0.15) is 9.65 Å². The van der Waals surface area contributed by atoms with Gasteiger partial charge in [-0.15, -0.1) is 13.2 Å². The number of halogens is 4. The van der Waals surface area contributed by atoms with Crippen LogP contribution in [0.15, 0.2) is 60.5 Å². The second kappa shape index (κ2) is 10.8. The van der Waals surface area contributed by atoms with Crippen molar-refractivity contribution < 1.29 is 22.3 Å². The van der Waals surface area contributed by atoms with Crippen LogP contribution in [0.1, 0.15) is 62.8 Å². The van der Waals surface area contributed by atoms with E-state index in [1.165, 1.54) is 29.9 Å². The molecule has 0 atom stereocenters.